The van der Waals surface area contributed by atoms with Crippen LogP contribution in [0.15, 0.2) is 72.9 Å². The average molecular weight is 282 g/mol. The second kappa shape index (κ2) is 6.87. The molecular weight excluding hydrogens is 264 g/mol. The van der Waals surface area contributed by atoms with Crippen molar-refractivity contribution in [2.45, 2.75) is 0 Å². The number of anilines is 2. The lowest BCUT2D eigenvalue weighted by atomic mass is 10.2. The highest BCUT2D eigenvalue weighted by Gasteiger charge is 2.11. The Kier molecular flexibility index (Phi) is 4.91. The van der Waals surface area contributed by atoms with E-state index in [1.54, 1.807) is 0 Å². The van der Waals surface area contributed by atoms with Gasteiger partial charge in [0.25, 0.3) is 0 Å². The van der Waals surface area contributed by atoms with Crippen molar-refractivity contribution >= 4 is 28.6 Å². The first-order valence-corrected chi connectivity index (χ1v) is 6.88. The van der Waals surface area contributed by atoms with Crippen LogP contribution >= 0.6 is 12.2 Å². The van der Waals surface area contributed by atoms with Crippen LogP contribution in [0.25, 0.3) is 0 Å². The molecular formula is C17H18N2S. The second-order valence-corrected chi connectivity index (χ2v) is 5.04. The van der Waals surface area contributed by atoms with Gasteiger partial charge in [0.15, 0.2) is 0 Å². The number of benzene rings is 2. The van der Waals surface area contributed by atoms with Crippen LogP contribution in [0.3, 0.4) is 0 Å². The molecule has 0 spiro atoms. The lowest BCUT2D eigenvalue weighted by Gasteiger charge is -2.24. The quantitative estimate of drug-likeness (QED) is 0.612. The van der Waals surface area contributed by atoms with Crippen LogP contribution in [0.5, 0.6) is 0 Å². The molecule has 0 unspecified atom stereocenters. The first-order chi connectivity index (χ1) is 9.68. The van der Waals surface area contributed by atoms with Gasteiger partial charge in [-0.05, 0) is 30.3 Å². The molecule has 0 aliphatic heterocycles. The number of rotatable bonds is 4. The summed E-state index contributed by atoms with van der Waals surface area (Å²) in [5.41, 5.74) is 2.12. The predicted octanol–water partition coefficient (Wildman–Crippen LogP) is 4.23. The van der Waals surface area contributed by atoms with E-state index in [0.717, 1.165) is 16.4 Å². The molecule has 0 N–H and O–H groups in total. The SMILES string of the molecule is CN(C)C=CC(=S)N(c1ccccc1)c1ccccc1. The van der Waals surface area contributed by atoms with Crippen molar-refractivity contribution in [2.24, 2.45) is 0 Å². The van der Waals surface area contributed by atoms with Crippen molar-refractivity contribution in [1.29, 1.82) is 0 Å². The lowest BCUT2D eigenvalue weighted by molar-refractivity contribution is 0.564. The molecule has 20 heavy (non-hydrogen) atoms. The third-order valence-electron chi connectivity index (χ3n) is 2.76. The minimum Gasteiger partial charge on any atom is -0.383 e. The molecule has 2 rings (SSSR count). The molecule has 0 amide bonds. The Morgan fingerprint density at radius 3 is 1.70 bits per heavy atom. The maximum atomic E-state index is 5.57. The molecule has 0 atom stereocenters. The molecule has 0 bridgehead atoms. The Bertz CT molecular complexity index is 537. The molecule has 0 aromatic heterocycles. The third kappa shape index (κ3) is 3.68. The fourth-order valence-corrected chi connectivity index (χ4v) is 2.12. The summed E-state index contributed by atoms with van der Waals surface area (Å²) in [4.78, 5) is 4.80. The van der Waals surface area contributed by atoms with E-state index in [1.165, 1.54) is 0 Å². The second-order valence-electron chi connectivity index (χ2n) is 4.62. The van der Waals surface area contributed by atoms with Gasteiger partial charge in [0.05, 0.1) is 0 Å². The largest absolute Gasteiger partial charge is 0.383 e. The van der Waals surface area contributed by atoms with Crippen LogP contribution in [-0.2, 0) is 0 Å². The van der Waals surface area contributed by atoms with Crippen molar-refractivity contribution in [2.75, 3.05) is 19.0 Å². The highest BCUT2D eigenvalue weighted by Crippen LogP contribution is 2.25. The normalized spacial score (nSPS) is 10.5. The molecule has 2 nitrogen and oxygen atoms in total. The van der Waals surface area contributed by atoms with Crippen molar-refractivity contribution in [3.63, 3.8) is 0 Å². The zero-order valence-corrected chi connectivity index (χ0v) is 12.5. The van der Waals surface area contributed by atoms with Gasteiger partial charge in [-0.25, -0.2) is 0 Å². The molecule has 3 heteroatoms. The molecule has 2 aromatic carbocycles. The fraction of sp³-hybridized carbons (Fsp3) is 0.118. The Morgan fingerprint density at radius 1 is 0.850 bits per heavy atom. The van der Waals surface area contributed by atoms with Crippen LogP contribution in [0.4, 0.5) is 11.4 Å². The van der Waals surface area contributed by atoms with Crippen LogP contribution < -0.4 is 4.90 Å². The molecule has 0 heterocycles. The Balaban J connectivity index is 2.38. The van der Waals surface area contributed by atoms with Gasteiger partial charge in [-0.1, -0.05) is 48.6 Å². The van der Waals surface area contributed by atoms with Gasteiger partial charge in [-0.3, -0.25) is 0 Å². The highest BCUT2D eigenvalue weighted by atomic mass is 32.1. The summed E-state index contributed by atoms with van der Waals surface area (Å²) in [6.45, 7) is 0. The van der Waals surface area contributed by atoms with E-state index in [1.807, 2.05) is 67.7 Å². The third-order valence-corrected chi connectivity index (χ3v) is 3.08. The van der Waals surface area contributed by atoms with Gasteiger partial charge in [-0.15, -0.1) is 0 Å². The predicted molar refractivity (Wildman–Crippen MR) is 90.4 cm³/mol. The number of hydrogen-bond donors (Lipinski definition) is 0. The Labute approximate surface area is 126 Å². The van der Waals surface area contributed by atoms with Crippen molar-refractivity contribution in [1.82, 2.24) is 4.90 Å². The van der Waals surface area contributed by atoms with Crippen molar-refractivity contribution < 1.29 is 0 Å². The van der Waals surface area contributed by atoms with E-state index in [-0.39, 0.29) is 0 Å². The number of thiocarbonyl (C=S) groups is 1. The maximum Gasteiger partial charge on any atom is 0.112 e. The van der Waals surface area contributed by atoms with Crippen molar-refractivity contribution in [3.8, 4) is 0 Å². The van der Waals surface area contributed by atoms with Gasteiger partial charge >= 0.3 is 0 Å². The summed E-state index contributed by atoms with van der Waals surface area (Å²) < 4.78 is 0. The van der Waals surface area contributed by atoms with Gasteiger partial charge < -0.3 is 9.80 Å². The summed E-state index contributed by atoms with van der Waals surface area (Å²) in [6, 6.07) is 20.3. The monoisotopic (exact) mass is 282 g/mol. The summed E-state index contributed by atoms with van der Waals surface area (Å²) in [5, 5.41) is 0. The molecule has 0 radical (unpaired) electrons. The van der Waals surface area contributed by atoms with Crippen LogP contribution in [0, 0.1) is 0 Å². The van der Waals surface area contributed by atoms with E-state index >= 15 is 0 Å². The maximum absolute atomic E-state index is 5.57. The topological polar surface area (TPSA) is 6.48 Å². The first-order valence-electron chi connectivity index (χ1n) is 6.47. The Morgan fingerprint density at radius 2 is 1.30 bits per heavy atom. The first kappa shape index (κ1) is 14.3. The average Bonchev–Trinajstić information content (AvgIpc) is 2.48. The number of nitrogens with zero attached hydrogens (tertiary/aromatic N) is 2. The standard InChI is InChI=1S/C17H18N2S/c1-18(2)14-13-17(20)19(15-9-5-3-6-10-15)16-11-7-4-8-12-16/h3-14H,1-2H3. The summed E-state index contributed by atoms with van der Waals surface area (Å²) in [6.07, 6.45) is 3.90. The molecule has 102 valence electrons. The zero-order valence-electron chi connectivity index (χ0n) is 11.7. The van der Waals surface area contributed by atoms with E-state index in [9.17, 15) is 0 Å². The molecule has 0 saturated heterocycles. The summed E-state index contributed by atoms with van der Waals surface area (Å²) in [5.74, 6) is 0. The van der Waals surface area contributed by atoms with E-state index in [2.05, 4.69) is 29.2 Å². The minimum atomic E-state index is 0.760. The smallest absolute Gasteiger partial charge is 0.112 e. The van der Waals surface area contributed by atoms with Gasteiger partial charge in [0, 0.05) is 31.7 Å². The fourth-order valence-electron chi connectivity index (χ4n) is 1.85. The zero-order chi connectivity index (χ0) is 14.4. The molecule has 0 aliphatic carbocycles. The number of hydrogen-bond acceptors (Lipinski definition) is 2. The Hall–Kier alpha value is -2.13. The summed E-state index contributed by atoms with van der Waals surface area (Å²) >= 11 is 5.57. The molecule has 0 saturated carbocycles. The van der Waals surface area contributed by atoms with E-state index in [4.69, 9.17) is 12.2 Å². The minimum absolute atomic E-state index is 0.760. The molecule has 0 fully saturated rings. The molecule has 2 aromatic rings. The van der Waals surface area contributed by atoms with E-state index < -0.39 is 0 Å². The highest BCUT2D eigenvalue weighted by molar-refractivity contribution is 7.81. The summed E-state index contributed by atoms with van der Waals surface area (Å²) in [7, 11) is 3.96. The van der Waals surface area contributed by atoms with E-state index in [0.29, 0.717) is 0 Å². The van der Waals surface area contributed by atoms with Crippen LogP contribution in [0.2, 0.25) is 0 Å². The van der Waals surface area contributed by atoms with Crippen molar-refractivity contribution in [3.05, 3.63) is 72.9 Å². The van der Waals surface area contributed by atoms with Crippen LogP contribution in [0.1, 0.15) is 0 Å². The lowest BCUT2D eigenvalue weighted by Crippen LogP contribution is -2.22. The van der Waals surface area contributed by atoms with Gasteiger partial charge in [0.2, 0.25) is 0 Å². The molecule has 0 aliphatic rings. The van der Waals surface area contributed by atoms with Crippen LogP contribution in [-0.4, -0.2) is 24.0 Å². The number of para-hydroxylation sites is 2. The van der Waals surface area contributed by atoms with Gasteiger partial charge in [0.1, 0.15) is 4.99 Å². The van der Waals surface area contributed by atoms with Gasteiger partial charge in [-0.2, -0.15) is 0 Å².